The first-order chi connectivity index (χ1) is 20.4. The van der Waals surface area contributed by atoms with Gasteiger partial charge in [0.15, 0.2) is 0 Å². The number of aliphatic hydroxyl groups excluding tert-OH is 1. The molecule has 9 heteroatoms. The third kappa shape index (κ3) is 6.41. The minimum Gasteiger partial charge on any atom is -0.506 e. The minimum atomic E-state index is -0.631. The van der Waals surface area contributed by atoms with Crippen molar-refractivity contribution in [2.24, 2.45) is 4.99 Å². The number of benzene rings is 2. The lowest BCUT2D eigenvalue weighted by molar-refractivity contribution is -0.138. The van der Waals surface area contributed by atoms with Gasteiger partial charge in [0.25, 0.3) is 0 Å². The van der Waals surface area contributed by atoms with Gasteiger partial charge in [-0.05, 0) is 62.1 Å². The maximum absolute atomic E-state index is 13.1. The third-order valence-corrected chi connectivity index (χ3v) is 8.66. The van der Waals surface area contributed by atoms with Gasteiger partial charge in [-0.1, -0.05) is 56.1 Å². The summed E-state index contributed by atoms with van der Waals surface area (Å²) in [4.78, 5) is 31.1. The lowest BCUT2D eigenvalue weighted by atomic mass is 9.95. The smallest absolute Gasteiger partial charge is 0.344 e. The van der Waals surface area contributed by atoms with Crippen molar-refractivity contribution in [3.05, 3.63) is 76.0 Å². The number of rotatable bonds is 9. The number of carbonyl (C=O) groups excluding carboxylic acids is 2. The Morgan fingerprint density at radius 2 is 1.88 bits per heavy atom. The van der Waals surface area contributed by atoms with E-state index >= 15 is 0 Å². The average Bonchev–Trinajstić information content (AvgIpc) is 3.50. The highest BCUT2D eigenvalue weighted by Crippen LogP contribution is 2.41. The molecular formula is C33H37N3O5S. The molecule has 0 spiro atoms. The standard InChI is InChI=1S/C33H37N3O5S/c1-4-21-10-9-13-26-22(19-36(30(21)26)20-28(37)34-23-11-7-6-8-12-23)18-27-31(38)29(33(39)41-5-2)32(42-27)35-24-14-16-25(40-3)17-15-24/h9-10,13-19,23,38H,4-8,11-12,20H2,1-3H3,(H,34,37)/b27-18-,35-32?. The Labute approximate surface area is 250 Å². The summed E-state index contributed by atoms with van der Waals surface area (Å²) in [6.45, 7) is 4.20. The molecule has 1 aliphatic carbocycles. The molecule has 2 N–H and O–H groups in total. The number of hydrogen-bond donors (Lipinski definition) is 2. The second-order valence-electron chi connectivity index (χ2n) is 10.5. The summed E-state index contributed by atoms with van der Waals surface area (Å²) >= 11 is 1.21. The molecule has 1 aromatic heterocycles. The highest BCUT2D eigenvalue weighted by molar-refractivity contribution is 8.18. The molecule has 1 saturated carbocycles. The number of ether oxygens (including phenoxy) is 2. The highest BCUT2D eigenvalue weighted by Gasteiger charge is 2.33. The van der Waals surface area contributed by atoms with Gasteiger partial charge in [-0.2, -0.15) is 0 Å². The van der Waals surface area contributed by atoms with Crippen molar-refractivity contribution in [1.29, 1.82) is 0 Å². The fraction of sp³-hybridized carbons (Fsp3) is 0.364. The molecule has 0 unspecified atom stereocenters. The van der Waals surface area contributed by atoms with Crippen LogP contribution in [0.15, 0.2) is 69.9 Å². The van der Waals surface area contributed by atoms with Crippen LogP contribution in [0.1, 0.15) is 57.1 Å². The van der Waals surface area contributed by atoms with E-state index in [9.17, 15) is 14.7 Å². The summed E-state index contributed by atoms with van der Waals surface area (Å²) < 4.78 is 12.5. The number of fused-ring (bicyclic) bond motifs is 1. The Hall–Kier alpha value is -3.98. The Bertz CT molecular complexity index is 1560. The zero-order chi connectivity index (χ0) is 29.6. The first kappa shape index (κ1) is 29.5. The molecule has 1 fully saturated rings. The van der Waals surface area contributed by atoms with E-state index in [0.717, 1.165) is 54.1 Å². The number of nitrogens with zero attached hydrogens (tertiary/aromatic N) is 2. The van der Waals surface area contributed by atoms with Gasteiger partial charge in [-0.15, -0.1) is 0 Å². The summed E-state index contributed by atoms with van der Waals surface area (Å²) in [5.41, 5.74) is 3.62. The average molecular weight is 588 g/mol. The van der Waals surface area contributed by atoms with E-state index in [1.807, 2.05) is 29.0 Å². The molecule has 0 bridgehead atoms. The number of hydrogen-bond acceptors (Lipinski definition) is 7. The van der Waals surface area contributed by atoms with Crippen LogP contribution < -0.4 is 10.1 Å². The van der Waals surface area contributed by atoms with Gasteiger partial charge in [0.05, 0.1) is 29.8 Å². The number of methoxy groups -OCH3 is 1. The van der Waals surface area contributed by atoms with Gasteiger partial charge < -0.3 is 24.5 Å². The fourth-order valence-corrected chi connectivity index (χ4v) is 6.60. The first-order valence-electron chi connectivity index (χ1n) is 14.5. The van der Waals surface area contributed by atoms with E-state index in [4.69, 9.17) is 9.47 Å². The number of nitrogens with one attached hydrogen (secondary N) is 1. The number of carbonyl (C=O) groups is 2. The van der Waals surface area contributed by atoms with Crippen molar-refractivity contribution in [2.75, 3.05) is 13.7 Å². The second kappa shape index (κ2) is 13.3. The molecule has 0 atom stereocenters. The fourth-order valence-electron chi connectivity index (χ4n) is 5.57. The number of amides is 1. The topological polar surface area (TPSA) is 102 Å². The van der Waals surface area contributed by atoms with Gasteiger partial charge in [-0.25, -0.2) is 9.79 Å². The number of aromatic nitrogens is 1. The summed E-state index contributed by atoms with van der Waals surface area (Å²) in [5.74, 6) is -0.111. The number of aliphatic hydroxyl groups is 1. The largest absolute Gasteiger partial charge is 0.506 e. The molecule has 5 rings (SSSR count). The van der Waals surface area contributed by atoms with Gasteiger partial charge in [0.2, 0.25) is 5.91 Å². The SMILES string of the molecule is CCOC(=O)C1=C(O)/C(=C/c2cn(CC(=O)NC3CCCCC3)c3c(CC)cccc23)SC1=Nc1ccc(OC)cc1. The molecule has 0 saturated heterocycles. The van der Waals surface area contributed by atoms with Crippen LogP contribution in [-0.2, 0) is 27.3 Å². The third-order valence-electron chi connectivity index (χ3n) is 7.64. The molecule has 2 aliphatic rings. The molecule has 8 nitrogen and oxygen atoms in total. The molecular weight excluding hydrogens is 550 g/mol. The monoisotopic (exact) mass is 587 g/mol. The molecule has 2 aromatic carbocycles. The zero-order valence-corrected chi connectivity index (χ0v) is 25.1. The predicted octanol–water partition coefficient (Wildman–Crippen LogP) is 6.85. The number of aliphatic imine (C=N–C) groups is 1. The van der Waals surface area contributed by atoms with Crippen LogP contribution in [0.2, 0.25) is 0 Å². The Kier molecular flexibility index (Phi) is 9.37. The molecule has 0 radical (unpaired) electrons. The summed E-state index contributed by atoms with van der Waals surface area (Å²) in [6, 6.07) is 13.5. The maximum atomic E-state index is 13.1. The van der Waals surface area contributed by atoms with Crippen LogP contribution in [0.4, 0.5) is 5.69 Å². The summed E-state index contributed by atoms with van der Waals surface area (Å²) in [6.07, 6.45) is 10.2. The van der Waals surface area contributed by atoms with E-state index < -0.39 is 5.97 Å². The van der Waals surface area contributed by atoms with Crippen LogP contribution in [0, 0.1) is 0 Å². The van der Waals surface area contributed by atoms with Gasteiger partial charge in [-0.3, -0.25) is 4.79 Å². The molecule has 220 valence electrons. The summed E-state index contributed by atoms with van der Waals surface area (Å²) in [5, 5.41) is 15.8. The first-order valence-corrected chi connectivity index (χ1v) is 15.4. The Morgan fingerprint density at radius 3 is 2.57 bits per heavy atom. The minimum absolute atomic E-state index is 0.000372. The van der Waals surface area contributed by atoms with Crippen molar-refractivity contribution in [1.82, 2.24) is 9.88 Å². The van der Waals surface area contributed by atoms with E-state index in [1.165, 1.54) is 18.2 Å². The molecule has 1 amide bonds. The van der Waals surface area contributed by atoms with Crippen molar-refractivity contribution >= 4 is 51.3 Å². The van der Waals surface area contributed by atoms with E-state index in [-0.39, 0.29) is 36.4 Å². The molecule has 42 heavy (non-hydrogen) atoms. The maximum Gasteiger partial charge on any atom is 0.344 e. The molecule has 3 aromatic rings. The van der Waals surface area contributed by atoms with Crippen molar-refractivity contribution in [3.63, 3.8) is 0 Å². The van der Waals surface area contributed by atoms with Crippen LogP contribution in [-0.4, -0.2) is 46.4 Å². The number of para-hydroxylation sites is 1. The molecule has 2 heterocycles. The number of thioether (sulfide) groups is 1. The summed E-state index contributed by atoms with van der Waals surface area (Å²) in [7, 11) is 1.59. The number of aryl methyl sites for hydroxylation is 1. The Morgan fingerprint density at radius 1 is 1.12 bits per heavy atom. The highest BCUT2D eigenvalue weighted by atomic mass is 32.2. The second-order valence-corrected chi connectivity index (χ2v) is 11.5. The molecule has 1 aliphatic heterocycles. The lowest BCUT2D eigenvalue weighted by Crippen LogP contribution is -2.38. The van der Waals surface area contributed by atoms with E-state index in [2.05, 4.69) is 23.3 Å². The van der Waals surface area contributed by atoms with Gasteiger partial charge in [0.1, 0.15) is 28.7 Å². The van der Waals surface area contributed by atoms with E-state index in [0.29, 0.717) is 21.4 Å². The van der Waals surface area contributed by atoms with Crippen molar-refractivity contribution < 1.29 is 24.2 Å². The van der Waals surface area contributed by atoms with Gasteiger partial charge >= 0.3 is 5.97 Å². The van der Waals surface area contributed by atoms with Crippen LogP contribution in [0.3, 0.4) is 0 Å². The zero-order valence-electron chi connectivity index (χ0n) is 24.3. The van der Waals surface area contributed by atoms with Crippen LogP contribution in [0.25, 0.3) is 17.0 Å². The van der Waals surface area contributed by atoms with Crippen LogP contribution in [0.5, 0.6) is 5.75 Å². The Balaban J connectivity index is 1.52. The lowest BCUT2D eigenvalue weighted by Gasteiger charge is -2.23. The van der Waals surface area contributed by atoms with Crippen LogP contribution >= 0.6 is 11.8 Å². The van der Waals surface area contributed by atoms with Gasteiger partial charge in [0, 0.05) is 23.2 Å². The van der Waals surface area contributed by atoms with Crippen molar-refractivity contribution in [3.8, 4) is 5.75 Å². The predicted molar refractivity (Wildman–Crippen MR) is 168 cm³/mol. The van der Waals surface area contributed by atoms with Crippen molar-refractivity contribution in [2.45, 2.75) is 65.0 Å². The van der Waals surface area contributed by atoms with E-state index in [1.54, 1.807) is 38.3 Å². The number of esters is 1. The normalized spacial score (nSPS) is 17.8. The quantitative estimate of drug-likeness (QED) is 0.265.